The summed E-state index contributed by atoms with van der Waals surface area (Å²) in [5.41, 5.74) is -0.641. The van der Waals surface area contributed by atoms with Crippen LogP contribution in [-0.2, 0) is 11.3 Å². The molecule has 0 saturated heterocycles. The number of anilines is 1. The Morgan fingerprint density at radius 2 is 1.64 bits per heavy atom. The summed E-state index contributed by atoms with van der Waals surface area (Å²) in [6.07, 6.45) is -0.185. The second-order valence-electron chi connectivity index (χ2n) is 5.72. The van der Waals surface area contributed by atoms with Crippen molar-refractivity contribution in [2.75, 3.05) is 11.5 Å². The zero-order valence-electron chi connectivity index (χ0n) is 14.0. The molecule has 1 aliphatic rings. The van der Waals surface area contributed by atoms with Crippen LogP contribution < -0.4 is 4.90 Å². The van der Waals surface area contributed by atoms with E-state index in [1.165, 1.54) is 6.07 Å². The molecule has 0 fully saturated rings. The molecule has 148 valence electrons. The number of nitrogens with zero attached hydrogens (tertiary/aromatic N) is 2. The molecule has 0 bridgehead atoms. The van der Waals surface area contributed by atoms with Crippen molar-refractivity contribution in [3.8, 4) is 0 Å². The van der Waals surface area contributed by atoms with Crippen LogP contribution in [-0.4, -0.2) is 23.8 Å². The summed E-state index contributed by atoms with van der Waals surface area (Å²) in [6.45, 7) is -1.04. The lowest BCUT2D eigenvalue weighted by atomic mass is 10.2. The van der Waals surface area contributed by atoms with E-state index in [0.29, 0.717) is 18.2 Å². The maximum atomic E-state index is 14.0. The van der Waals surface area contributed by atoms with Crippen LogP contribution in [0.3, 0.4) is 0 Å². The lowest BCUT2D eigenvalue weighted by molar-refractivity contribution is 0.252. The minimum Gasteiger partial charge on any atom is -0.472 e. The van der Waals surface area contributed by atoms with E-state index in [2.05, 4.69) is 4.99 Å². The van der Waals surface area contributed by atoms with E-state index in [9.17, 15) is 27.1 Å². The summed E-state index contributed by atoms with van der Waals surface area (Å²) in [5.74, 6) is -5.36. The Morgan fingerprint density at radius 1 is 1.00 bits per heavy atom. The molecule has 1 N–H and O–H groups in total. The summed E-state index contributed by atoms with van der Waals surface area (Å²) in [4.78, 5) is 4.84. The number of hydrogen-bond acceptors (Lipinski definition) is 4. The fraction of sp³-hybridized carbons (Fsp3) is 0.167. The molecule has 0 aromatic heterocycles. The first-order valence-electron chi connectivity index (χ1n) is 7.86. The van der Waals surface area contributed by atoms with Crippen molar-refractivity contribution in [1.82, 2.24) is 0 Å². The molecule has 0 saturated carbocycles. The Bertz CT molecular complexity index is 944. The van der Waals surface area contributed by atoms with Crippen LogP contribution in [0.4, 0.5) is 27.6 Å². The molecule has 10 heteroatoms. The van der Waals surface area contributed by atoms with Crippen LogP contribution in [0.2, 0.25) is 0 Å². The zero-order valence-corrected chi connectivity index (χ0v) is 14.7. The van der Waals surface area contributed by atoms with Gasteiger partial charge in [-0.2, -0.15) is 0 Å². The number of halogens is 6. The van der Waals surface area contributed by atoms with Gasteiger partial charge < -0.3 is 14.7 Å². The van der Waals surface area contributed by atoms with Crippen LogP contribution in [0.25, 0.3) is 0 Å². The van der Waals surface area contributed by atoms with Crippen molar-refractivity contribution in [2.45, 2.75) is 12.8 Å². The summed E-state index contributed by atoms with van der Waals surface area (Å²) in [7, 11) is 0. The van der Waals surface area contributed by atoms with Crippen molar-refractivity contribution in [3.63, 3.8) is 0 Å². The number of aliphatic hydroxyl groups excluding tert-OH is 1. The van der Waals surface area contributed by atoms with Gasteiger partial charge >= 0.3 is 0 Å². The number of hydrogen-bond donors (Lipinski definition) is 1. The summed E-state index contributed by atoms with van der Waals surface area (Å²) in [6, 6.07) is 3.84. The molecule has 1 atom stereocenters. The highest BCUT2D eigenvalue weighted by Gasteiger charge is 2.29. The first kappa shape index (κ1) is 20.1. The normalized spacial score (nSPS) is 16.7. The van der Waals surface area contributed by atoms with Crippen LogP contribution >= 0.6 is 11.6 Å². The quantitative estimate of drug-likeness (QED) is 0.756. The Hall–Kier alpha value is -2.65. The van der Waals surface area contributed by atoms with E-state index >= 15 is 0 Å². The molecule has 1 aliphatic heterocycles. The number of rotatable bonds is 4. The van der Waals surface area contributed by atoms with Crippen molar-refractivity contribution in [2.24, 2.45) is 4.99 Å². The Morgan fingerprint density at radius 3 is 2.25 bits per heavy atom. The van der Waals surface area contributed by atoms with E-state index in [1.807, 2.05) is 0 Å². The van der Waals surface area contributed by atoms with Crippen LogP contribution in [0.15, 0.2) is 46.6 Å². The van der Waals surface area contributed by atoms with E-state index in [1.54, 1.807) is 0 Å². The molecule has 1 unspecified atom stereocenters. The van der Waals surface area contributed by atoms with Crippen molar-refractivity contribution < 1.29 is 31.8 Å². The summed E-state index contributed by atoms with van der Waals surface area (Å²) >= 11 is 6.03. The summed E-state index contributed by atoms with van der Waals surface area (Å²) < 4.78 is 73.1. The molecule has 1 heterocycles. The van der Waals surface area contributed by atoms with Crippen LogP contribution in [0.5, 0.6) is 0 Å². The fourth-order valence-electron chi connectivity index (χ4n) is 2.54. The van der Waals surface area contributed by atoms with E-state index in [-0.39, 0.29) is 23.1 Å². The molecule has 3 rings (SSSR count). The predicted molar refractivity (Wildman–Crippen MR) is 92.2 cm³/mol. The van der Waals surface area contributed by atoms with Crippen molar-refractivity contribution >= 4 is 23.2 Å². The Kier molecular flexibility index (Phi) is 5.85. The number of benzene rings is 2. The predicted octanol–water partition coefficient (Wildman–Crippen LogP) is 4.22. The number of aliphatic hydroxyl groups is 1. The highest BCUT2D eigenvalue weighted by molar-refractivity contribution is 6.42. The van der Waals surface area contributed by atoms with E-state index in [0.717, 1.165) is 17.2 Å². The largest absolute Gasteiger partial charge is 0.472 e. The average molecular weight is 419 g/mol. The zero-order chi connectivity index (χ0) is 20.4. The monoisotopic (exact) mass is 418 g/mol. The van der Waals surface area contributed by atoms with E-state index in [4.69, 9.17) is 16.3 Å². The van der Waals surface area contributed by atoms with Gasteiger partial charge in [-0.15, -0.1) is 0 Å². The summed E-state index contributed by atoms with van der Waals surface area (Å²) in [5, 5.41) is 9.33. The van der Waals surface area contributed by atoms with Gasteiger partial charge in [-0.25, -0.2) is 26.9 Å². The van der Waals surface area contributed by atoms with Gasteiger partial charge in [0.2, 0.25) is 5.90 Å². The Labute approximate surface area is 161 Å². The lowest BCUT2D eigenvalue weighted by Crippen LogP contribution is -2.38. The maximum Gasteiger partial charge on any atom is 0.231 e. The third-order valence-corrected chi connectivity index (χ3v) is 4.09. The molecule has 2 aromatic carbocycles. The van der Waals surface area contributed by atoms with E-state index < -0.39 is 47.5 Å². The molecular weight excluding hydrogens is 407 g/mol. The van der Waals surface area contributed by atoms with Crippen LogP contribution in [0, 0.1) is 29.1 Å². The smallest absolute Gasteiger partial charge is 0.231 e. The molecular formula is C18H12ClF5N2O2. The fourth-order valence-corrected chi connectivity index (χ4v) is 2.75. The molecule has 4 nitrogen and oxygen atoms in total. The second-order valence-corrected chi connectivity index (χ2v) is 6.13. The van der Waals surface area contributed by atoms with Gasteiger partial charge in [0.25, 0.3) is 0 Å². The van der Waals surface area contributed by atoms with Gasteiger partial charge in [0.15, 0.2) is 17.8 Å². The molecule has 2 aromatic rings. The topological polar surface area (TPSA) is 45.1 Å². The molecule has 28 heavy (non-hydrogen) atoms. The first-order valence-corrected chi connectivity index (χ1v) is 8.24. The van der Waals surface area contributed by atoms with Crippen molar-refractivity contribution in [1.29, 1.82) is 0 Å². The highest BCUT2D eigenvalue weighted by atomic mass is 35.5. The molecule has 0 aliphatic carbocycles. The van der Waals surface area contributed by atoms with Gasteiger partial charge in [-0.3, -0.25) is 0 Å². The van der Waals surface area contributed by atoms with Crippen molar-refractivity contribution in [3.05, 3.63) is 76.2 Å². The minimum atomic E-state index is -1.23. The molecule has 0 radical (unpaired) electrons. The molecule has 0 spiro atoms. The molecule has 0 amide bonds. The van der Waals surface area contributed by atoms with Gasteiger partial charge in [-0.05, 0) is 12.1 Å². The Balaban J connectivity index is 1.85. The number of ether oxygens (including phenoxy) is 1. The minimum absolute atomic E-state index is 0.0205. The second kappa shape index (κ2) is 8.15. The maximum absolute atomic E-state index is 14.0. The van der Waals surface area contributed by atoms with Gasteiger partial charge in [-0.1, -0.05) is 11.6 Å². The number of aliphatic imine (C=N–C) groups is 1. The standard InChI is InChI=1S/C18H12ClF5N2O2/c19-12-6-26(17-14(23)4-11(21)5-15(17)24)16(7-27)25-18(12)28-8-9-1-2-10(20)3-13(9)22/h1-6,16,27H,7-8H2. The van der Waals surface area contributed by atoms with Gasteiger partial charge in [0.1, 0.15) is 34.8 Å². The van der Waals surface area contributed by atoms with Gasteiger partial charge in [0.05, 0.1) is 6.61 Å². The van der Waals surface area contributed by atoms with Crippen LogP contribution in [0.1, 0.15) is 5.56 Å². The SMILES string of the molecule is OCC1N=C(OCc2ccc(F)cc2F)C(Cl)=CN1c1c(F)cc(F)cc1F. The highest BCUT2D eigenvalue weighted by Crippen LogP contribution is 2.31. The lowest BCUT2D eigenvalue weighted by Gasteiger charge is -2.31. The third kappa shape index (κ3) is 4.10. The first-order chi connectivity index (χ1) is 13.3. The van der Waals surface area contributed by atoms with Gasteiger partial charge in [0, 0.05) is 30.0 Å². The average Bonchev–Trinajstić information content (AvgIpc) is 2.61. The third-order valence-electron chi connectivity index (χ3n) is 3.83.